The summed E-state index contributed by atoms with van der Waals surface area (Å²) in [5.41, 5.74) is 3.53. The molecule has 1 saturated heterocycles. The Bertz CT molecular complexity index is 828. The molecule has 4 nitrogen and oxygen atoms in total. The number of aromatic amines is 1. The number of nitrogens with one attached hydrogen (secondary N) is 1. The van der Waals surface area contributed by atoms with Crippen LogP contribution in [0.5, 0.6) is 5.75 Å². The third-order valence-electron chi connectivity index (χ3n) is 5.15. The zero-order chi connectivity index (χ0) is 17.1. The number of fused-ring (bicyclic) bond motifs is 1. The molecule has 1 aliphatic heterocycles. The first-order valence-corrected chi connectivity index (χ1v) is 9.12. The normalized spacial score (nSPS) is 18.0. The molecule has 130 valence electrons. The van der Waals surface area contributed by atoms with Crippen molar-refractivity contribution in [3.63, 3.8) is 0 Å². The van der Waals surface area contributed by atoms with Crippen molar-refractivity contribution in [2.45, 2.75) is 25.2 Å². The van der Waals surface area contributed by atoms with Gasteiger partial charge < -0.3 is 14.6 Å². The molecule has 0 amide bonds. The molecular weight excluding hydrogens is 310 g/mol. The first-order valence-electron chi connectivity index (χ1n) is 9.12. The van der Waals surface area contributed by atoms with E-state index in [1.54, 1.807) is 7.11 Å². The van der Waals surface area contributed by atoms with Gasteiger partial charge in [-0.25, -0.2) is 4.98 Å². The van der Waals surface area contributed by atoms with Crippen LogP contribution in [-0.4, -0.2) is 41.6 Å². The van der Waals surface area contributed by atoms with Gasteiger partial charge in [0.2, 0.25) is 0 Å². The number of imidazole rings is 1. The monoisotopic (exact) mass is 335 g/mol. The molecule has 1 fully saturated rings. The topological polar surface area (TPSA) is 41.1 Å². The van der Waals surface area contributed by atoms with Gasteiger partial charge in [-0.2, -0.15) is 0 Å². The Morgan fingerprint density at radius 3 is 2.92 bits per heavy atom. The molecular formula is C21H25N3O. The fourth-order valence-electron chi connectivity index (χ4n) is 3.74. The maximum atomic E-state index is 5.30. The van der Waals surface area contributed by atoms with Crippen molar-refractivity contribution in [2.75, 3.05) is 26.7 Å². The summed E-state index contributed by atoms with van der Waals surface area (Å²) in [7, 11) is 1.70. The molecule has 1 N–H and O–H groups in total. The van der Waals surface area contributed by atoms with Gasteiger partial charge in [-0.3, -0.25) is 0 Å². The summed E-state index contributed by atoms with van der Waals surface area (Å²) in [5, 5.41) is 0. The molecule has 1 aliphatic rings. The van der Waals surface area contributed by atoms with Crippen LogP contribution in [0.2, 0.25) is 0 Å². The highest BCUT2D eigenvalue weighted by Gasteiger charge is 2.25. The van der Waals surface area contributed by atoms with Gasteiger partial charge in [0.25, 0.3) is 0 Å². The van der Waals surface area contributed by atoms with E-state index in [1.165, 1.54) is 31.5 Å². The second-order valence-electron chi connectivity index (χ2n) is 6.88. The van der Waals surface area contributed by atoms with Gasteiger partial charge in [0.1, 0.15) is 11.6 Å². The van der Waals surface area contributed by atoms with Crippen molar-refractivity contribution in [1.29, 1.82) is 0 Å². The molecule has 25 heavy (non-hydrogen) atoms. The minimum Gasteiger partial charge on any atom is -0.497 e. The molecule has 1 aromatic heterocycles. The Morgan fingerprint density at radius 1 is 1.20 bits per heavy atom. The zero-order valence-corrected chi connectivity index (χ0v) is 14.7. The summed E-state index contributed by atoms with van der Waals surface area (Å²) in [6, 6.07) is 16.8. The van der Waals surface area contributed by atoms with Crippen LogP contribution in [-0.2, 0) is 6.42 Å². The Kier molecular flexibility index (Phi) is 4.70. The van der Waals surface area contributed by atoms with E-state index in [1.807, 2.05) is 18.2 Å². The van der Waals surface area contributed by atoms with Gasteiger partial charge in [-0.05, 0) is 50.0 Å². The molecule has 0 saturated carbocycles. The first-order chi connectivity index (χ1) is 12.3. The maximum absolute atomic E-state index is 5.30. The minimum atomic E-state index is 0.509. The summed E-state index contributed by atoms with van der Waals surface area (Å²) in [6.45, 7) is 3.44. The van der Waals surface area contributed by atoms with Crippen LogP contribution in [0.4, 0.5) is 0 Å². The van der Waals surface area contributed by atoms with E-state index in [0.717, 1.165) is 35.6 Å². The number of rotatable bonds is 6. The second kappa shape index (κ2) is 7.28. The lowest BCUT2D eigenvalue weighted by atomic mass is 10.1. The van der Waals surface area contributed by atoms with Gasteiger partial charge in [0, 0.05) is 18.5 Å². The average Bonchev–Trinajstić information content (AvgIpc) is 3.28. The number of nitrogens with zero attached hydrogens (tertiary/aromatic N) is 2. The van der Waals surface area contributed by atoms with E-state index < -0.39 is 0 Å². The van der Waals surface area contributed by atoms with Gasteiger partial charge >= 0.3 is 0 Å². The lowest BCUT2D eigenvalue weighted by Gasteiger charge is -2.15. The molecule has 0 radical (unpaired) electrons. The summed E-state index contributed by atoms with van der Waals surface area (Å²) in [6.07, 6.45) is 3.56. The van der Waals surface area contributed by atoms with Crippen molar-refractivity contribution < 1.29 is 4.74 Å². The summed E-state index contributed by atoms with van der Waals surface area (Å²) < 4.78 is 5.30. The van der Waals surface area contributed by atoms with E-state index in [9.17, 15) is 0 Å². The molecule has 2 heterocycles. The predicted molar refractivity (Wildman–Crippen MR) is 101 cm³/mol. The third kappa shape index (κ3) is 3.69. The number of aromatic nitrogens is 2. The molecule has 0 aliphatic carbocycles. The smallest absolute Gasteiger partial charge is 0.121 e. The Labute approximate surface area is 148 Å². The molecule has 0 spiro atoms. The number of ether oxygens (including phenoxy) is 1. The van der Waals surface area contributed by atoms with Gasteiger partial charge in [0.15, 0.2) is 0 Å². The first kappa shape index (κ1) is 16.2. The SMILES string of the molecule is COc1ccc2nc([C@H]3CCN(CCCc4ccccc4)C3)[nH]c2c1. The molecule has 4 rings (SSSR count). The van der Waals surface area contributed by atoms with Crippen molar-refractivity contribution in [3.8, 4) is 5.75 Å². The molecule has 0 unspecified atom stereocenters. The maximum Gasteiger partial charge on any atom is 0.121 e. The number of methoxy groups -OCH3 is 1. The number of hydrogen-bond donors (Lipinski definition) is 1. The molecule has 4 heteroatoms. The number of hydrogen-bond acceptors (Lipinski definition) is 3. The van der Waals surface area contributed by atoms with Crippen molar-refractivity contribution in [2.24, 2.45) is 0 Å². The van der Waals surface area contributed by atoms with Crippen molar-refractivity contribution >= 4 is 11.0 Å². The van der Waals surface area contributed by atoms with Gasteiger partial charge in [-0.1, -0.05) is 30.3 Å². The van der Waals surface area contributed by atoms with Crippen molar-refractivity contribution in [3.05, 3.63) is 59.9 Å². The Morgan fingerprint density at radius 2 is 2.08 bits per heavy atom. The fraction of sp³-hybridized carbons (Fsp3) is 0.381. The molecule has 3 aromatic rings. The zero-order valence-electron chi connectivity index (χ0n) is 14.7. The molecule has 0 bridgehead atoms. The van der Waals surface area contributed by atoms with Crippen LogP contribution < -0.4 is 4.74 Å². The molecule has 2 aromatic carbocycles. The highest BCUT2D eigenvalue weighted by molar-refractivity contribution is 5.76. The highest BCUT2D eigenvalue weighted by atomic mass is 16.5. The van der Waals surface area contributed by atoms with Crippen LogP contribution in [0, 0.1) is 0 Å². The second-order valence-corrected chi connectivity index (χ2v) is 6.88. The number of benzene rings is 2. The van der Waals surface area contributed by atoms with Crippen LogP contribution in [0.25, 0.3) is 11.0 Å². The minimum absolute atomic E-state index is 0.509. The van der Waals surface area contributed by atoms with Gasteiger partial charge in [0.05, 0.1) is 18.1 Å². The lowest BCUT2D eigenvalue weighted by molar-refractivity contribution is 0.328. The Balaban J connectivity index is 1.34. The standard InChI is InChI=1S/C21H25N3O/c1-25-18-9-10-19-20(14-18)23-21(22-19)17-11-13-24(15-17)12-5-8-16-6-3-2-4-7-16/h2-4,6-7,9-10,14,17H,5,8,11-13,15H2,1H3,(H,22,23)/t17-/m0/s1. The number of H-pyrrole nitrogens is 1. The van der Waals surface area contributed by atoms with Crippen LogP contribution in [0.15, 0.2) is 48.5 Å². The highest BCUT2D eigenvalue weighted by Crippen LogP contribution is 2.28. The van der Waals surface area contributed by atoms with Gasteiger partial charge in [-0.15, -0.1) is 0 Å². The van der Waals surface area contributed by atoms with E-state index >= 15 is 0 Å². The Hall–Kier alpha value is -2.33. The quantitative estimate of drug-likeness (QED) is 0.740. The fourth-order valence-corrected chi connectivity index (χ4v) is 3.74. The van der Waals surface area contributed by atoms with E-state index in [4.69, 9.17) is 9.72 Å². The van der Waals surface area contributed by atoms with Crippen LogP contribution in [0.3, 0.4) is 0 Å². The largest absolute Gasteiger partial charge is 0.497 e. The van der Waals surface area contributed by atoms with E-state index in [2.05, 4.69) is 40.2 Å². The summed E-state index contributed by atoms with van der Waals surface area (Å²) >= 11 is 0. The number of aryl methyl sites for hydroxylation is 1. The number of likely N-dealkylation sites (tertiary alicyclic amines) is 1. The molecule has 1 atom stereocenters. The summed E-state index contributed by atoms with van der Waals surface area (Å²) in [4.78, 5) is 10.9. The van der Waals surface area contributed by atoms with Crippen LogP contribution >= 0.6 is 0 Å². The van der Waals surface area contributed by atoms with Crippen molar-refractivity contribution in [1.82, 2.24) is 14.9 Å². The average molecular weight is 335 g/mol. The summed E-state index contributed by atoms with van der Waals surface area (Å²) in [5.74, 6) is 2.50. The van der Waals surface area contributed by atoms with E-state index in [-0.39, 0.29) is 0 Å². The lowest BCUT2D eigenvalue weighted by Crippen LogP contribution is -2.22. The van der Waals surface area contributed by atoms with Crippen LogP contribution in [0.1, 0.15) is 30.1 Å². The third-order valence-corrected chi connectivity index (χ3v) is 5.15. The predicted octanol–water partition coefficient (Wildman–Crippen LogP) is 3.99. The van der Waals surface area contributed by atoms with E-state index in [0.29, 0.717) is 5.92 Å².